The molecule has 0 aliphatic carbocycles. The van der Waals surface area contributed by atoms with Gasteiger partial charge in [0.15, 0.2) is 0 Å². The predicted octanol–water partition coefficient (Wildman–Crippen LogP) is 7.93. The number of fused-ring (bicyclic) bond motifs is 1. The van der Waals surface area contributed by atoms with E-state index >= 15 is 0 Å². The smallest absolute Gasteiger partial charge is 0.127 e. The van der Waals surface area contributed by atoms with Gasteiger partial charge in [-0.2, -0.15) is 0 Å². The van der Waals surface area contributed by atoms with Gasteiger partial charge < -0.3 is 10.2 Å². The molecule has 1 unspecified atom stereocenters. The summed E-state index contributed by atoms with van der Waals surface area (Å²) in [5.41, 5.74) is 3.21. The molecule has 0 heterocycles. The van der Waals surface area contributed by atoms with Crippen molar-refractivity contribution < 1.29 is 10.2 Å². The van der Waals surface area contributed by atoms with Crippen LogP contribution in [0.5, 0.6) is 11.5 Å². The number of benzene rings is 2. The summed E-state index contributed by atoms with van der Waals surface area (Å²) in [4.78, 5) is 0. The number of aromatic hydroxyl groups is 2. The van der Waals surface area contributed by atoms with Crippen molar-refractivity contribution in [3.8, 4) is 11.5 Å². The first-order chi connectivity index (χ1) is 13.5. The quantitative estimate of drug-likeness (QED) is 0.334. The van der Waals surface area contributed by atoms with Gasteiger partial charge in [0.1, 0.15) is 11.5 Å². The van der Waals surface area contributed by atoms with Crippen molar-refractivity contribution >= 4 is 10.8 Å². The van der Waals surface area contributed by atoms with Crippen LogP contribution in [0.15, 0.2) is 35.9 Å². The summed E-state index contributed by atoms with van der Waals surface area (Å²) < 4.78 is 0. The summed E-state index contributed by atoms with van der Waals surface area (Å²) in [5, 5.41) is 22.8. The van der Waals surface area contributed by atoms with Crippen LogP contribution in [0, 0.1) is 24.2 Å². The second-order valence-corrected chi connectivity index (χ2v) is 10.2. The third kappa shape index (κ3) is 6.26. The maximum atomic E-state index is 10.8. The highest BCUT2D eigenvalue weighted by atomic mass is 16.3. The van der Waals surface area contributed by atoms with Crippen molar-refractivity contribution in [1.82, 2.24) is 0 Å². The normalized spacial score (nSPS) is 14.0. The number of phenols is 2. The Labute approximate surface area is 177 Å². The second-order valence-electron chi connectivity index (χ2n) is 10.2. The van der Waals surface area contributed by atoms with Crippen LogP contribution >= 0.6 is 0 Å². The molecular weight excluding hydrogens is 356 g/mol. The molecule has 2 aromatic carbocycles. The highest BCUT2D eigenvalue weighted by molar-refractivity contribution is 5.95. The van der Waals surface area contributed by atoms with E-state index in [4.69, 9.17) is 0 Å². The Morgan fingerprint density at radius 3 is 2.21 bits per heavy atom. The van der Waals surface area contributed by atoms with Gasteiger partial charge in [0, 0.05) is 16.3 Å². The van der Waals surface area contributed by atoms with Gasteiger partial charge >= 0.3 is 0 Å². The zero-order chi connectivity index (χ0) is 21.8. The van der Waals surface area contributed by atoms with Crippen molar-refractivity contribution in [3.63, 3.8) is 0 Å². The predicted molar refractivity (Wildman–Crippen MR) is 126 cm³/mol. The van der Waals surface area contributed by atoms with Crippen LogP contribution < -0.4 is 0 Å². The summed E-state index contributed by atoms with van der Waals surface area (Å²) in [6.07, 6.45) is 7.72. The minimum absolute atomic E-state index is 0.272. The Morgan fingerprint density at radius 2 is 1.62 bits per heavy atom. The van der Waals surface area contributed by atoms with E-state index < -0.39 is 0 Å². The summed E-state index contributed by atoms with van der Waals surface area (Å²) in [7, 11) is 0. The molecule has 2 aromatic rings. The van der Waals surface area contributed by atoms with Crippen LogP contribution in [0.3, 0.4) is 0 Å². The second kappa shape index (κ2) is 9.69. The molecule has 0 spiro atoms. The molecule has 29 heavy (non-hydrogen) atoms. The Kier molecular flexibility index (Phi) is 7.80. The Hall–Kier alpha value is -1.96. The first-order valence-corrected chi connectivity index (χ1v) is 11.1. The van der Waals surface area contributed by atoms with Crippen molar-refractivity contribution in [2.24, 2.45) is 17.3 Å². The lowest BCUT2D eigenvalue weighted by Gasteiger charge is -2.27. The number of rotatable bonds is 9. The third-order valence-corrected chi connectivity index (χ3v) is 6.13. The first kappa shape index (κ1) is 23.3. The van der Waals surface area contributed by atoms with Gasteiger partial charge in [-0.1, -0.05) is 77.0 Å². The zero-order valence-electron chi connectivity index (χ0n) is 19.5. The maximum Gasteiger partial charge on any atom is 0.127 e. The standard InChI is InChI=1S/C27H40O2/c1-18(2)16-19(3)14-15-27(6,7)17-20(4)12-13-22-21(5)25(28)23-10-8-9-11-24(23)26(22)29/h8-12,18-19,28-29H,13-17H2,1-7H3/b20-12+. The highest BCUT2D eigenvalue weighted by Gasteiger charge is 2.20. The molecule has 1 atom stereocenters. The molecule has 0 saturated heterocycles. The fourth-order valence-corrected chi connectivity index (χ4v) is 4.58. The van der Waals surface area contributed by atoms with E-state index in [0.29, 0.717) is 17.6 Å². The van der Waals surface area contributed by atoms with Gasteiger partial charge in [0.05, 0.1) is 0 Å². The largest absolute Gasteiger partial charge is 0.507 e. The molecule has 0 aliphatic rings. The van der Waals surface area contributed by atoms with E-state index in [0.717, 1.165) is 34.8 Å². The summed E-state index contributed by atoms with van der Waals surface area (Å²) in [6, 6.07) is 7.50. The summed E-state index contributed by atoms with van der Waals surface area (Å²) in [6.45, 7) is 15.8. The molecule has 0 radical (unpaired) electrons. The van der Waals surface area contributed by atoms with Crippen molar-refractivity contribution in [1.29, 1.82) is 0 Å². The van der Waals surface area contributed by atoms with E-state index in [1.165, 1.54) is 24.8 Å². The number of hydrogen-bond acceptors (Lipinski definition) is 2. The van der Waals surface area contributed by atoms with Gasteiger partial charge in [0.2, 0.25) is 0 Å². The third-order valence-electron chi connectivity index (χ3n) is 6.13. The van der Waals surface area contributed by atoms with E-state index in [2.05, 4.69) is 47.6 Å². The Bertz CT molecular complexity index is 858. The Balaban J connectivity index is 2.09. The number of phenolic OH excluding ortho intramolecular Hbond substituents is 2. The molecule has 0 aromatic heterocycles. The molecule has 0 aliphatic heterocycles. The topological polar surface area (TPSA) is 40.5 Å². The SMILES string of the molecule is C/C(=C\Cc1c(C)c(O)c2ccccc2c1O)CC(C)(C)CCC(C)CC(C)C. The molecule has 0 fully saturated rings. The molecule has 0 bridgehead atoms. The van der Waals surface area contributed by atoms with Crippen molar-refractivity contribution in [2.45, 2.75) is 80.6 Å². The van der Waals surface area contributed by atoms with Gasteiger partial charge in [-0.25, -0.2) is 0 Å². The van der Waals surface area contributed by atoms with E-state index in [9.17, 15) is 10.2 Å². The fourth-order valence-electron chi connectivity index (χ4n) is 4.58. The molecule has 2 heteroatoms. The number of allylic oxidation sites excluding steroid dienone is 2. The maximum absolute atomic E-state index is 10.8. The lowest BCUT2D eigenvalue weighted by atomic mass is 9.78. The van der Waals surface area contributed by atoms with Gasteiger partial charge in [0.25, 0.3) is 0 Å². The fraction of sp³-hybridized carbons (Fsp3) is 0.556. The first-order valence-electron chi connectivity index (χ1n) is 11.1. The van der Waals surface area contributed by atoms with Crippen LogP contribution in [-0.4, -0.2) is 10.2 Å². The molecule has 160 valence electrons. The molecule has 0 saturated carbocycles. The molecule has 0 amide bonds. The monoisotopic (exact) mass is 396 g/mol. The van der Waals surface area contributed by atoms with Gasteiger partial charge in [-0.15, -0.1) is 0 Å². The average molecular weight is 397 g/mol. The van der Waals surface area contributed by atoms with Crippen LogP contribution in [0.4, 0.5) is 0 Å². The molecule has 2 nitrogen and oxygen atoms in total. The van der Waals surface area contributed by atoms with Gasteiger partial charge in [-0.05, 0) is 62.3 Å². The number of hydrogen-bond donors (Lipinski definition) is 2. The van der Waals surface area contributed by atoms with E-state index in [1.54, 1.807) is 0 Å². The van der Waals surface area contributed by atoms with Crippen LogP contribution in [0.2, 0.25) is 0 Å². The van der Waals surface area contributed by atoms with Gasteiger partial charge in [-0.3, -0.25) is 0 Å². The van der Waals surface area contributed by atoms with Crippen LogP contribution in [0.25, 0.3) is 10.8 Å². The van der Waals surface area contributed by atoms with Crippen LogP contribution in [-0.2, 0) is 6.42 Å². The average Bonchev–Trinajstić information content (AvgIpc) is 2.64. The molecule has 2 rings (SSSR count). The minimum atomic E-state index is 0.272. The van der Waals surface area contributed by atoms with E-state index in [1.807, 2.05) is 31.2 Å². The summed E-state index contributed by atoms with van der Waals surface area (Å²) in [5.74, 6) is 2.11. The van der Waals surface area contributed by atoms with Crippen molar-refractivity contribution in [2.75, 3.05) is 0 Å². The highest BCUT2D eigenvalue weighted by Crippen LogP contribution is 2.40. The lowest BCUT2D eigenvalue weighted by molar-refractivity contribution is 0.281. The molecular formula is C27H40O2. The Morgan fingerprint density at radius 1 is 1.03 bits per heavy atom. The molecule has 2 N–H and O–H groups in total. The van der Waals surface area contributed by atoms with Crippen molar-refractivity contribution in [3.05, 3.63) is 47.0 Å². The van der Waals surface area contributed by atoms with Crippen LogP contribution in [0.1, 0.15) is 78.4 Å². The lowest BCUT2D eigenvalue weighted by Crippen LogP contribution is -2.14. The minimum Gasteiger partial charge on any atom is -0.507 e. The summed E-state index contributed by atoms with van der Waals surface area (Å²) >= 11 is 0. The zero-order valence-corrected chi connectivity index (χ0v) is 19.5. The van der Waals surface area contributed by atoms with E-state index in [-0.39, 0.29) is 11.2 Å².